The van der Waals surface area contributed by atoms with Crippen LogP contribution in [0.15, 0.2) is 29.6 Å². The molecule has 0 saturated heterocycles. The molecule has 19 heavy (non-hydrogen) atoms. The van der Waals surface area contributed by atoms with Crippen LogP contribution in [0, 0.1) is 0 Å². The van der Waals surface area contributed by atoms with Gasteiger partial charge in [0.05, 0.1) is 5.69 Å². The molecule has 0 unspecified atom stereocenters. The molecule has 0 aliphatic rings. The van der Waals surface area contributed by atoms with E-state index in [1.807, 2.05) is 17.5 Å². The molecule has 1 aromatic carbocycles. The van der Waals surface area contributed by atoms with E-state index in [9.17, 15) is 0 Å². The summed E-state index contributed by atoms with van der Waals surface area (Å²) in [5.74, 6) is 0.879. The van der Waals surface area contributed by atoms with E-state index < -0.39 is 0 Å². The standard InChI is InChI=1S/C15H19NO2S/c1-2-12-5-7-14(8-6-12)18-10-15-16-13(11-19-15)4-3-9-17/h5-8,11,17H,2-4,9-10H2,1H3. The zero-order valence-electron chi connectivity index (χ0n) is 11.1. The van der Waals surface area contributed by atoms with Crippen molar-refractivity contribution < 1.29 is 9.84 Å². The van der Waals surface area contributed by atoms with E-state index in [0.717, 1.165) is 35.7 Å². The predicted molar refractivity (Wildman–Crippen MR) is 77.7 cm³/mol. The zero-order valence-corrected chi connectivity index (χ0v) is 11.9. The second kappa shape index (κ2) is 7.26. The van der Waals surface area contributed by atoms with Crippen LogP contribution in [0.4, 0.5) is 0 Å². The van der Waals surface area contributed by atoms with E-state index in [1.54, 1.807) is 11.3 Å². The van der Waals surface area contributed by atoms with Gasteiger partial charge in [-0.05, 0) is 37.0 Å². The first-order chi connectivity index (χ1) is 9.31. The van der Waals surface area contributed by atoms with E-state index in [2.05, 4.69) is 24.0 Å². The Morgan fingerprint density at radius 2 is 2.05 bits per heavy atom. The first-order valence-electron chi connectivity index (χ1n) is 6.57. The average molecular weight is 277 g/mol. The Morgan fingerprint density at radius 1 is 1.26 bits per heavy atom. The SMILES string of the molecule is CCc1ccc(OCc2nc(CCCO)cs2)cc1. The van der Waals surface area contributed by atoms with Gasteiger partial charge in [-0.2, -0.15) is 0 Å². The quantitative estimate of drug-likeness (QED) is 0.845. The molecule has 0 aliphatic heterocycles. The van der Waals surface area contributed by atoms with E-state index in [1.165, 1.54) is 5.56 Å². The summed E-state index contributed by atoms with van der Waals surface area (Å²) in [5, 5.41) is 11.8. The van der Waals surface area contributed by atoms with Crippen LogP contribution in [0.2, 0.25) is 0 Å². The minimum Gasteiger partial charge on any atom is -0.486 e. The van der Waals surface area contributed by atoms with Gasteiger partial charge in [-0.1, -0.05) is 19.1 Å². The molecule has 2 aromatic rings. The van der Waals surface area contributed by atoms with Crippen molar-refractivity contribution in [3.8, 4) is 5.75 Å². The van der Waals surface area contributed by atoms with Gasteiger partial charge < -0.3 is 9.84 Å². The number of benzene rings is 1. The van der Waals surface area contributed by atoms with Crippen LogP contribution in [-0.4, -0.2) is 16.7 Å². The number of rotatable bonds is 7. The summed E-state index contributed by atoms with van der Waals surface area (Å²) in [6.07, 6.45) is 2.64. The number of aryl methyl sites for hydroxylation is 2. The minimum absolute atomic E-state index is 0.215. The number of hydrogen-bond acceptors (Lipinski definition) is 4. The number of aromatic nitrogens is 1. The third kappa shape index (κ3) is 4.33. The number of hydrogen-bond donors (Lipinski definition) is 1. The maximum absolute atomic E-state index is 8.78. The Labute approximate surface area is 117 Å². The van der Waals surface area contributed by atoms with Crippen LogP contribution in [0.25, 0.3) is 0 Å². The highest BCUT2D eigenvalue weighted by Gasteiger charge is 2.03. The molecule has 0 bridgehead atoms. The van der Waals surface area contributed by atoms with Crippen LogP contribution < -0.4 is 4.74 Å². The highest BCUT2D eigenvalue weighted by Crippen LogP contribution is 2.17. The van der Waals surface area contributed by atoms with Crippen molar-refractivity contribution in [3.63, 3.8) is 0 Å². The largest absolute Gasteiger partial charge is 0.486 e. The molecule has 0 amide bonds. The molecular formula is C15H19NO2S. The van der Waals surface area contributed by atoms with Gasteiger partial charge in [0.15, 0.2) is 0 Å². The lowest BCUT2D eigenvalue weighted by Gasteiger charge is -2.04. The van der Waals surface area contributed by atoms with Crippen LogP contribution in [0.3, 0.4) is 0 Å². The van der Waals surface area contributed by atoms with Crippen molar-refractivity contribution in [3.05, 3.63) is 45.9 Å². The van der Waals surface area contributed by atoms with Gasteiger partial charge in [-0.15, -0.1) is 11.3 Å². The molecule has 3 nitrogen and oxygen atoms in total. The monoisotopic (exact) mass is 277 g/mol. The fourth-order valence-corrected chi connectivity index (χ4v) is 2.50. The Morgan fingerprint density at radius 3 is 2.74 bits per heavy atom. The fraction of sp³-hybridized carbons (Fsp3) is 0.400. The summed E-state index contributed by atoms with van der Waals surface area (Å²) in [5.41, 5.74) is 2.35. The second-order valence-corrected chi connectivity index (χ2v) is 5.29. The third-order valence-electron chi connectivity index (χ3n) is 2.88. The van der Waals surface area contributed by atoms with Gasteiger partial charge in [0.1, 0.15) is 17.4 Å². The second-order valence-electron chi connectivity index (χ2n) is 4.35. The maximum Gasteiger partial charge on any atom is 0.140 e. The molecule has 0 saturated carbocycles. The Hall–Kier alpha value is -1.39. The van der Waals surface area contributed by atoms with E-state index in [0.29, 0.717) is 6.61 Å². The van der Waals surface area contributed by atoms with Gasteiger partial charge in [-0.25, -0.2) is 4.98 Å². The van der Waals surface area contributed by atoms with Crippen LogP contribution in [-0.2, 0) is 19.4 Å². The first-order valence-corrected chi connectivity index (χ1v) is 7.45. The molecule has 0 spiro atoms. The maximum atomic E-state index is 8.78. The number of aliphatic hydroxyl groups excluding tert-OH is 1. The van der Waals surface area contributed by atoms with Gasteiger partial charge >= 0.3 is 0 Å². The smallest absolute Gasteiger partial charge is 0.140 e. The van der Waals surface area contributed by atoms with Crippen LogP contribution in [0.1, 0.15) is 29.6 Å². The summed E-state index contributed by atoms with van der Waals surface area (Å²) in [6, 6.07) is 8.17. The van der Waals surface area contributed by atoms with Crippen molar-refractivity contribution in [2.45, 2.75) is 32.8 Å². The van der Waals surface area contributed by atoms with Crippen molar-refractivity contribution in [1.82, 2.24) is 4.98 Å². The summed E-state index contributed by atoms with van der Waals surface area (Å²) in [7, 11) is 0. The Kier molecular flexibility index (Phi) is 5.36. The summed E-state index contributed by atoms with van der Waals surface area (Å²) in [4.78, 5) is 4.48. The lowest BCUT2D eigenvalue weighted by molar-refractivity contribution is 0.287. The van der Waals surface area contributed by atoms with Crippen molar-refractivity contribution in [2.24, 2.45) is 0 Å². The number of aliphatic hydroxyl groups is 1. The highest BCUT2D eigenvalue weighted by molar-refractivity contribution is 7.09. The summed E-state index contributed by atoms with van der Waals surface area (Å²) in [6.45, 7) is 2.86. The van der Waals surface area contributed by atoms with Crippen LogP contribution >= 0.6 is 11.3 Å². The zero-order chi connectivity index (χ0) is 13.5. The first kappa shape index (κ1) is 14.0. The van der Waals surface area contributed by atoms with Crippen molar-refractivity contribution >= 4 is 11.3 Å². The topological polar surface area (TPSA) is 42.4 Å². The molecule has 102 valence electrons. The molecule has 1 N–H and O–H groups in total. The average Bonchev–Trinajstić information content (AvgIpc) is 2.91. The fourth-order valence-electron chi connectivity index (χ4n) is 1.76. The molecular weight excluding hydrogens is 258 g/mol. The van der Waals surface area contributed by atoms with E-state index >= 15 is 0 Å². The molecule has 0 aliphatic carbocycles. The van der Waals surface area contributed by atoms with E-state index in [-0.39, 0.29) is 6.61 Å². The molecule has 0 radical (unpaired) electrons. The number of ether oxygens (including phenoxy) is 1. The van der Waals surface area contributed by atoms with Crippen molar-refractivity contribution in [1.29, 1.82) is 0 Å². The lowest BCUT2D eigenvalue weighted by Crippen LogP contribution is -1.96. The molecule has 4 heteroatoms. The molecule has 1 aromatic heterocycles. The van der Waals surface area contributed by atoms with Gasteiger partial charge in [0.25, 0.3) is 0 Å². The van der Waals surface area contributed by atoms with E-state index in [4.69, 9.17) is 9.84 Å². The minimum atomic E-state index is 0.215. The Balaban J connectivity index is 1.85. The molecule has 0 atom stereocenters. The number of thiazole rings is 1. The van der Waals surface area contributed by atoms with Gasteiger partial charge in [0.2, 0.25) is 0 Å². The summed E-state index contributed by atoms with van der Waals surface area (Å²) < 4.78 is 5.71. The summed E-state index contributed by atoms with van der Waals surface area (Å²) >= 11 is 1.61. The molecule has 2 rings (SSSR count). The van der Waals surface area contributed by atoms with Gasteiger partial charge in [-0.3, -0.25) is 0 Å². The highest BCUT2D eigenvalue weighted by atomic mass is 32.1. The van der Waals surface area contributed by atoms with Crippen LogP contribution in [0.5, 0.6) is 5.75 Å². The molecule has 1 heterocycles. The normalized spacial score (nSPS) is 10.6. The number of nitrogens with zero attached hydrogens (tertiary/aromatic N) is 1. The Bertz CT molecular complexity index is 493. The van der Waals surface area contributed by atoms with Gasteiger partial charge in [0, 0.05) is 12.0 Å². The molecule has 0 fully saturated rings. The van der Waals surface area contributed by atoms with Crippen molar-refractivity contribution in [2.75, 3.05) is 6.61 Å². The lowest BCUT2D eigenvalue weighted by atomic mass is 10.2. The third-order valence-corrected chi connectivity index (χ3v) is 3.76. The predicted octanol–water partition coefficient (Wildman–Crippen LogP) is 3.21.